The van der Waals surface area contributed by atoms with Crippen LogP contribution in [0, 0.1) is 5.41 Å². The van der Waals surface area contributed by atoms with E-state index in [4.69, 9.17) is 0 Å². The molecule has 0 atom stereocenters. The van der Waals surface area contributed by atoms with E-state index in [1.807, 2.05) is 6.26 Å². The van der Waals surface area contributed by atoms with Crippen LogP contribution in [0.5, 0.6) is 0 Å². The molecule has 0 unspecified atom stereocenters. The molecule has 1 rings (SSSR count). The van der Waals surface area contributed by atoms with Crippen LogP contribution in [0.15, 0.2) is 0 Å². The van der Waals surface area contributed by atoms with E-state index in [9.17, 15) is 4.79 Å². The minimum atomic E-state index is 0.0863. The zero-order valence-corrected chi connectivity index (χ0v) is 8.88. The van der Waals surface area contributed by atoms with Gasteiger partial charge in [-0.3, -0.25) is 4.79 Å². The van der Waals surface area contributed by atoms with E-state index in [-0.39, 0.29) is 5.41 Å². The fourth-order valence-electron chi connectivity index (χ4n) is 2.17. The third kappa shape index (κ3) is 1.85. The lowest BCUT2D eigenvalue weighted by Gasteiger charge is -2.25. The number of carbonyl (C=O) groups excluding carboxylic acids is 1. The van der Waals surface area contributed by atoms with Crippen molar-refractivity contribution in [3.05, 3.63) is 0 Å². The number of hydrogen-bond donors (Lipinski definition) is 0. The van der Waals surface area contributed by atoms with E-state index in [0.717, 1.165) is 19.3 Å². The first-order valence-corrected chi connectivity index (χ1v) is 6.17. The lowest BCUT2D eigenvalue weighted by Crippen LogP contribution is -2.28. The number of rotatable bonds is 4. The van der Waals surface area contributed by atoms with Crippen LogP contribution < -0.4 is 0 Å². The Morgan fingerprint density at radius 1 is 1.42 bits per heavy atom. The summed E-state index contributed by atoms with van der Waals surface area (Å²) >= 11 is 1.66. The highest BCUT2D eigenvalue weighted by Gasteiger charge is 2.38. The van der Waals surface area contributed by atoms with Gasteiger partial charge in [0.05, 0.1) is 5.75 Å². The first-order chi connectivity index (χ1) is 5.75. The van der Waals surface area contributed by atoms with Crippen molar-refractivity contribution >= 4 is 17.5 Å². The molecule has 1 nitrogen and oxygen atoms in total. The van der Waals surface area contributed by atoms with Crippen molar-refractivity contribution < 1.29 is 4.79 Å². The fraction of sp³-hybridized carbons (Fsp3) is 0.900. The average molecular weight is 186 g/mol. The van der Waals surface area contributed by atoms with E-state index in [1.165, 1.54) is 12.8 Å². The molecule has 0 radical (unpaired) electrons. The summed E-state index contributed by atoms with van der Waals surface area (Å²) in [5, 5.41) is 0. The molecule has 1 aliphatic carbocycles. The standard InChI is InChI=1S/C10H18OS/c1-3-10(6-4-5-7-10)9(11)8-12-2/h3-8H2,1-2H3. The quantitative estimate of drug-likeness (QED) is 0.671. The summed E-state index contributed by atoms with van der Waals surface area (Å²) in [5.74, 6) is 1.21. The van der Waals surface area contributed by atoms with Gasteiger partial charge in [0.1, 0.15) is 5.78 Å². The minimum absolute atomic E-state index is 0.0863. The van der Waals surface area contributed by atoms with Crippen LogP contribution in [0.1, 0.15) is 39.0 Å². The Hall–Kier alpha value is 0.0200. The maximum atomic E-state index is 11.8. The number of ketones is 1. The van der Waals surface area contributed by atoms with Gasteiger partial charge in [0.2, 0.25) is 0 Å². The summed E-state index contributed by atoms with van der Waals surface area (Å²) in [6, 6.07) is 0. The van der Waals surface area contributed by atoms with Crippen LogP contribution in [0.3, 0.4) is 0 Å². The summed E-state index contributed by atoms with van der Waals surface area (Å²) in [6.45, 7) is 2.16. The van der Waals surface area contributed by atoms with Gasteiger partial charge in [-0.15, -0.1) is 0 Å². The summed E-state index contributed by atoms with van der Waals surface area (Å²) in [6.07, 6.45) is 7.86. The number of Topliss-reactive ketones (excluding diaryl/α,β-unsaturated/α-hetero) is 1. The Balaban J connectivity index is 2.59. The second kappa shape index (κ2) is 4.31. The minimum Gasteiger partial charge on any atom is -0.298 e. The van der Waals surface area contributed by atoms with Crippen LogP contribution in [-0.4, -0.2) is 17.8 Å². The van der Waals surface area contributed by atoms with E-state index in [2.05, 4.69) is 6.92 Å². The lowest BCUT2D eigenvalue weighted by atomic mass is 9.80. The van der Waals surface area contributed by atoms with Crippen molar-refractivity contribution in [3.8, 4) is 0 Å². The second-order valence-corrected chi connectivity index (χ2v) is 4.56. The van der Waals surface area contributed by atoms with E-state index in [1.54, 1.807) is 11.8 Å². The van der Waals surface area contributed by atoms with Crippen LogP contribution in [0.2, 0.25) is 0 Å². The van der Waals surface area contributed by atoms with Crippen molar-refractivity contribution in [2.75, 3.05) is 12.0 Å². The van der Waals surface area contributed by atoms with Gasteiger partial charge in [0, 0.05) is 5.41 Å². The Morgan fingerprint density at radius 2 is 2.00 bits per heavy atom. The molecule has 0 spiro atoms. The van der Waals surface area contributed by atoms with E-state index >= 15 is 0 Å². The van der Waals surface area contributed by atoms with E-state index < -0.39 is 0 Å². The zero-order chi connectivity index (χ0) is 9.03. The van der Waals surface area contributed by atoms with Gasteiger partial charge < -0.3 is 0 Å². The summed E-state index contributed by atoms with van der Waals surface area (Å²) in [7, 11) is 0. The molecule has 0 bridgehead atoms. The van der Waals surface area contributed by atoms with Gasteiger partial charge in [-0.2, -0.15) is 11.8 Å². The van der Waals surface area contributed by atoms with Gasteiger partial charge in [-0.05, 0) is 25.5 Å². The van der Waals surface area contributed by atoms with Gasteiger partial charge in [-0.1, -0.05) is 19.8 Å². The molecule has 0 aromatic carbocycles. The molecule has 0 aliphatic heterocycles. The van der Waals surface area contributed by atoms with E-state index in [0.29, 0.717) is 11.5 Å². The molecule has 0 amide bonds. The Bertz CT molecular complexity index is 159. The van der Waals surface area contributed by atoms with Crippen molar-refractivity contribution in [3.63, 3.8) is 0 Å². The smallest absolute Gasteiger partial charge is 0.148 e. The normalized spacial score (nSPS) is 21.2. The first kappa shape index (κ1) is 10.1. The summed E-state index contributed by atoms with van der Waals surface area (Å²) in [5.41, 5.74) is 0.0863. The maximum absolute atomic E-state index is 11.8. The molecule has 0 aromatic rings. The Kier molecular flexibility index (Phi) is 3.63. The molecular weight excluding hydrogens is 168 g/mol. The molecule has 12 heavy (non-hydrogen) atoms. The first-order valence-electron chi connectivity index (χ1n) is 4.77. The van der Waals surface area contributed by atoms with Crippen molar-refractivity contribution in [2.24, 2.45) is 5.41 Å². The molecule has 0 saturated heterocycles. The van der Waals surface area contributed by atoms with Crippen molar-refractivity contribution in [1.82, 2.24) is 0 Å². The van der Waals surface area contributed by atoms with Crippen LogP contribution in [-0.2, 0) is 4.79 Å². The SMILES string of the molecule is CCC1(C(=O)CSC)CCCC1. The highest BCUT2D eigenvalue weighted by atomic mass is 32.2. The lowest BCUT2D eigenvalue weighted by molar-refractivity contribution is -0.126. The molecule has 2 heteroatoms. The predicted octanol–water partition coefficient (Wildman–Crippen LogP) is 2.89. The van der Waals surface area contributed by atoms with Gasteiger partial charge in [0.25, 0.3) is 0 Å². The zero-order valence-electron chi connectivity index (χ0n) is 8.06. The number of hydrogen-bond acceptors (Lipinski definition) is 2. The molecule has 70 valence electrons. The van der Waals surface area contributed by atoms with Crippen molar-refractivity contribution in [2.45, 2.75) is 39.0 Å². The molecule has 1 fully saturated rings. The number of thioether (sulfide) groups is 1. The van der Waals surface area contributed by atoms with Crippen LogP contribution in [0.25, 0.3) is 0 Å². The van der Waals surface area contributed by atoms with Gasteiger partial charge in [0.15, 0.2) is 0 Å². The summed E-state index contributed by atoms with van der Waals surface area (Å²) in [4.78, 5) is 11.8. The third-order valence-corrected chi connectivity index (χ3v) is 3.66. The average Bonchev–Trinajstić information content (AvgIpc) is 2.54. The molecule has 0 aromatic heterocycles. The Morgan fingerprint density at radius 3 is 2.42 bits per heavy atom. The monoisotopic (exact) mass is 186 g/mol. The van der Waals surface area contributed by atoms with Crippen LogP contribution in [0.4, 0.5) is 0 Å². The Labute approximate surface area is 79.3 Å². The highest BCUT2D eigenvalue weighted by Crippen LogP contribution is 2.42. The molecular formula is C10H18OS. The molecule has 1 aliphatic rings. The predicted molar refractivity (Wildman–Crippen MR) is 54.6 cm³/mol. The number of carbonyl (C=O) groups is 1. The van der Waals surface area contributed by atoms with Gasteiger partial charge in [-0.25, -0.2) is 0 Å². The molecule has 0 heterocycles. The third-order valence-electron chi connectivity index (χ3n) is 3.10. The maximum Gasteiger partial charge on any atom is 0.148 e. The fourth-order valence-corrected chi connectivity index (χ4v) is 2.73. The van der Waals surface area contributed by atoms with Crippen LogP contribution >= 0.6 is 11.8 Å². The summed E-state index contributed by atoms with van der Waals surface area (Å²) < 4.78 is 0. The second-order valence-electron chi connectivity index (χ2n) is 3.70. The molecule has 1 saturated carbocycles. The van der Waals surface area contributed by atoms with Crippen molar-refractivity contribution in [1.29, 1.82) is 0 Å². The topological polar surface area (TPSA) is 17.1 Å². The van der Waals surface area contributed by atoms with Gasteiger partial charge >= 0.3 is 0 Å². The largest absolute Gasteiger partial charge is 0.298 e. The highest BCUT2D eigenvalue weighted by molar-refractivity contribution is 7.99. The molecule has 0 N–H and O–H groups in total.